The monoisotopic (exact) mass is 216 g/mol. The predicted octanol–water partition coefficient (Wildman–Crippen LogP) is 0.567. The van der Waals surface area contributed by atoms with E-state index in [1.165, 1.54) is 0 Å². The Kier molecular flexibility index (Phi) is 2.09. The third kappa shape index (κ3) is 1.54. The van der Waals surface area contributed by atoms with Gasteiger partial charge in [0.2, 0.25) is 5.91 Å². The van der Waals surface area contributed by atoms with E-state index >= 15 is 0 Å². The third-order valence-corrected chi connectivity index (χ3v) is 2.91. The molecule has 0 saturated carbocycles. The number of hydrogen-bond donors (Lipinski definition) is 1. The Morgan fingerprint density at radius 2 is 2.50 bits per heavy atom. The SMILES string of the molecule is O=C1C[C@H](Cn2ncc3ncccc32)CN1. The first kappa shape index (κ1) is 9.33. The van der Waals surface area contributed by atoms with E-state index < -0.39 is 0 Å². The van der Waals surface area contributed by atoms with E-state index in [4.69, 9.17) is 0 Å². The van der Waals surface area contributed by atoms with E-state index in [2.05, 4.69) is 15.4 Å². The first-order valence-electron chi connectivity index (χ1n) is 5.36. The zero-order valence-electron chi connectivity index (χ0n) is 8.76. The van der Waals surface area contributed by atoms with Crippen molar-refractivity contribution in [2.75, 3.05) is 6.54 Å². The van der Waals surface area contributed by atoms with Gasteiger partial charge in [-0.25, -0.2) is 0 Å². The van der Waals surface area contributed by atoms with Crippen LogP contribution < -0.4 is 5.32 Å². The van der Waals surface area contributed by atoms with Crippen molar-refractivity contribution in [3.8, 4) is 0 Å². The van der Waals surface area contributed by atoms with Crippen molar-refractivity contribution in [2.45, 2.75) is 13.0 Å². The standard InChI is InChI=1S/C11H12N4O/c16-11-4-8(5-13-11)7-15-10-2-1-3-12-9(10)6-14-15/h1-3,6,8H,4-5,7H2,(H,13,16)/t8-/m0/s1. The van der Waals surface area contributed by atoms with Crippen LogP contribution in [0.4, 0.5) is 0 Å². The van der Waals surface area contributed by atoms with Crippen molar-refractivity contribution >= 4 is 16.9 Å². The summed E-state index contributed by atoms with van der Waals surface area (Å²) in [4.78, 5) is 15.3. The number of amides is 1. The van der Waals surface area contributed by atoms with Gasteiger partial charge in [0.15, 0.2) is 0 Å². The average molecular weight is 216 g/mol. The van der Waals surface area contributed by atoms with Crippen LogP contribution in [0.2, 0.25) is 0 Å². The summed E-state index contributed by atoms with van der Waals surface area (Å²) >= 11 is 0. The minimum absolute atomic E-state index is 0.139. The fourth-order valence-corrected chi connectivity index (χ4v) is 2.10. The van der Waals surface area contributed by atoms with Gasteiger partial charge >= 0.3 is 0 Å². The highest BCUT2D eigenvalue weighted by atomic mass is 16.1. The van der Waals surface area contributed by atoms with Crippen LogP contribution in [-0.4, -0.2) is 27.2 Å². The fourth-order valence-electron chi connectivity index (χ4n) is 2.10. The Morgan fingerprint density at radius 3 is 3.31 bits per heavy atom. The quantitative estimate of drug-likeness (QED) is 0.798. The fraction of sp³-hybridized carbons (Fsp3) is 0.364. The van der Waals surface area contributed by atoms with Gasteiger partial charge in [0.05, 0.1) is 11.7 Å². The van der Waals surface area contributed by atoms with E-state index in [-0.39, 0.29) is 5.91 Å². The van der Waals surface area contributed by atoms with Crippen LogP contribution in [-0.2, 0) is 11.3 Å². The normalized spacial score (nSPS) is 20.2. The number of hydrogen-bond acceptors (Lipinski definition) is 3. The Morgan fingerprint density at radius 1 is 1.56 bits per heavy atom. The molecule has 0 unspecified atom stereocenters. The van der Waals surface area contributed by atoms with Crippen molar-refractivity contribution in [1.82, 2.24) is 20.1 Å². The number of pyridine rings is 1. The molecule has 1 aliphatic heterocycles. The summed E-state index contributed by atoms with van der Waals surface area (Å²) < 4.78 is 1.92. The molecular formula is C11H12N4O. The summed E-state index contributed by atoms with van der Waals surface area (Å²) in [5, 5.41) is 7.13. The molecule has 1 N–H and O–H groups in total. The van der Waals surface area contributed by atoms with Gasteiger partial charge in [0.1, 0.15) is 5.52 Å². The van der Waals surface area contributed by atoms with E-state index in [1.54, 1.807) is 12.4 Å². The molecule has 0 radical (unpaired) electrons. The number of nitrogens with one attached hydrogen (secondary N) is 1. The highest BCUT2D eigenvalue weighted by Crippen LogP contribution is 2.15. The molecule has 2 aromatic rings. The molecule has 5 nitrogen and oxygen atoms in total. The molecule has 0 bridgehead atoms. The van der Waals surface area contributed by atoms with Crippen LogP contribution in [0.5, 0.6) is 0 Å². The number of carbonyl (C=O) groups excluding carboxylic acids is 1. The Hall–Kier alpha value is -1.91. The lowest BCUT2D eigenvalue weighted by molar-refractivity contribution is -0.119. The Balaban J connectivity index is 1.86. The minimum atomic E-state index is 0.139. The molecule has 0 aliphatic carbocycles. The second-order valence-corrected chi connectivity index (χ2v) is 4.11. The number of rotatable bonds is 2. The van der Waals surface area contributed by atoms with E-state index in [0.717, 1.165) is 24.1 Å². The summed E-state index contributed by atoms with van der Waals surface area (Å²) in [7, 11) is 0. The molecule has 2 aromatic heterocycles. The summed E-state index contributed by atoms with van der Waals surface area (Å²) in [6.45, 7) is 1.52. The van der Waals surface area contributed by atoms with Crippen LogP contribution in [0.3, 0.4) is 0 Å². The van der Waals surface area contributed by atoms with Crippen molar-refractivity contribution < 1.29 is 4.79 Å². The number of carbonyl (C=O) groups is 1. The summed E-state index contributed by atoms with van der Waals surface area (Å²) in [6.07, 6.45) is 4.12. The van der Waals surface area contributed by atoms with Crippen LogP contribution in [0.25, 0.3) is 11.0 Å². The smallest absolute Gasteiger partial charge is 0.220 e. The summed E-state index contributed by atoms with van der Waals surface area (Å²) in [6, 6.07) is 3.90. The van der Waals surface area contributed by atoms with Crippen LogP contribution in [0.15, 0.2) is 24.5 Å². The molecule has 3 heterocycles. The lowest BCUT2D eigenvalue weighted by Gasteiger charge is -2.07. The maximum absolute atomic E-state index is 11.1. The lowest BCUT2D eigenvalue weighted by Crippen LogP contribution is -2.16. The Labute approximate surface area is 92.5 Å². The van der Waals surface area contributed by atoms with Gasteiger partial charge in [0, 0.05) is 31.6 Å². The minimum Gasteiger partial charge on any atom is -0.356 e. The van der Waals surface area contributed by atoms with Gasteiger partial charge in [-0.15, -0.1) is 0 Å². The molecular weight excluding hydrogens is 204 g/mol. The number of nitrogens with zero attached hydrogens (tertiary/aromatic N) is 3. The van der Waals surface area contributed by atoms with Gasteiger partial charge in [-0.3, -0.25) is 14.5 Å². The molecule has 16 heavy (non-hydrogen) atoms. The second kappa shape index (κ2) is 3.59. The second-order valence-electron chi connectivity index (χ2n) is 4.11. The lowest BCUT2D eigenvalue weighted by atomic mass is 10.1. The third-order valence-electron chi connectivity index (χ3n) is 2.91. The van der Waals surface area contributed by atoms with E-state index in [0.29, 0.717) is 12.3 Å². The van der Waals surface area contributed by atoms with Crippen molar-refractivity contribution in [3.63, 3.8) is 0 Å². The molecule has 1 atom stereocenters. The molecule has 1 saturated heterocycles. The zero-order valence-corrected chi connectivity index (χ0v) is 8.76. The highest BCUT2D eigenvalue weighted by Gasteiger charge is 2.22. The van der Waals surface area contributed by atoms with Crippen LogP contribution in [0, 0.1) is 5.92 Å². The highest BCUT2D eigenvalue weighted by molar-refractivity contribution is 5.78. The first-order chi connectivity index (χ1) is 7.83. The van der Waals surface area contributed by atoms with Crippen molar-refractivity contribution in [2.24, 2.45) is 5.92 Å². The predicted molar refractivity (Wildman–Crippen MR) is 58.6 cm³/mol. The maximum Gasteiger partial charge on any atom is 0.220 e. The zero-order chi connectivity index (χ0) is 11.0. The van der Waals surface area contributed by atoms with Gasteiger partial charge in [-0.2, -0.15) is 5.10 Å². The summed E-state index contributed by atoms with van der Waals surface area (Å²) in [5.41, 5.74) is 1.93. The topological polar surface area (TPSA) is 59.8 Å². The molecule has 1 aliphatic rings. The number of fused-ring (bicyclic) bond motifs is 1. The van der Waals surface area contributed by atoms with Gasteiger partial charge in [-0.1, -0.05) is 0 Å². The Bertz CT molecular complexity index is 534. The summed E-state index contributed by atoms with van der Waals surface area (Å²) in [5.74, 6) is 0.482. The molecule has 0 aromatic carbocycles. The number of aromatic nitrogens is 3. The van der Waals surface area contributed by atoms with Gasteiger partial charge < -0.3 is 5.32 Å². The molecule has 0 spiro atoms. The first-order valence-corrected chi connectivity index (χ1v) is 5.36. The van der Waals surface area contributed by atoms with E-state index in [1.807, 2.05) is 16.8 Å². The van der Waals surface area contributed by atoms with Crippen molar-refractivity contribution in [1.29, 1.82) is 0 Å². The average Bonchev–Trinajstić information content (AvgIpc) is 2.87. The largest absolute Gasteiger partial charge is 0.356 e. The molecule has 3 rings (SSSR count). The molecule has 1 fully saturated rings. The van der Waals surface area contributed by atoms with Gasteiger partial charge in [-0.05, 0) is 12.1 Å². The van der Waals surface area contributed by atoms with Gasteiger partial charge in [0.25, 0.3) is 0 Å². The van der Waals surface area contributed by atoms with Crippen molar-refractivity contribution in [3.05, 3.63) is 24.5 Å². The molecule has 5 heteroatoms. The van der Waals surface area contributed by atoms with Crippen LogP contribution in [0.1, 0.15) is 6.42 Å². The molecule has 1 amide bonds. The van der Waals surface area contributed by atoms with E-state index in [9.17, 15) is 4.79 Å². The van der Waals surface area contributed by atoms with Crippen LogP contribution >= 0.6 is 0 Å². The maximum atomic E-state index is 11.1. The molecule has 82 valence electrons.